The van der Waals surface area contributed by atoms with Crippen molar-refractivity contribution < 1.29 is 9.53 Å². The van der Waals surface area contributed by atoms with E-state index in [1.165, 1.54) is 7.11 Å². The van der Waals surface area contributed by atoms with Gasteiger partial charge in [-0.1, -0.05) is 6.92 Å². The molecule has 0 amide bonds. The third kappa shape index (κ3) is 4.20. The van der Waals surface area contributed by atoms with Gasteiger partial charge in [0.15, 0.2) is 0 Å². The number of hydrogen-bond acceptors (Lipinski definition) is 5. The number of carbonyl (C=O) groups is 1. The van der Waals surface area contributed by atoms with Crippen molar-refractivity contribution in [3.05, 3.63) is 18.3 Å². The number of methoxy groups -OCH3 is 1. The van der Waals surface area contributed by atoms with Crippen LogP contribution in [0.4, 0.5) is 5.82 Å². The van der Waals surface area contributed by atoms with Gasteiger partial charge in [-0.15, -0.1) is 11.8 Å². The maximum atomic E-state index is 11.0. The molecule has 1 heterocycles. The molecule has 0 fully saturated rings. The molecule has 1 rings (SSSR count). The molecule has 1 atom stereocenters. The molecular weight excluding hydrogens is 212 g/mol. The maximum absolute atomic E-state index is 11.0. The molecule has 0 saturated heterocycles. The van der Waals surface area contributed by atoms with E-state index in [0.29, 0.717) is 12.2 Å². The fourth-order valence-electron chi connectivity index (χ4n) is 1.05. The average molecular weight is 226 g/mol. The van der Waals surface area contributed by atoms with Crippen LogP contribution in [0.5, 0.6) is 0 Å². The third-order valence-electron chi connectivity index (χ3n) is 1.78. The van der Waals surface area contributed by atoms with Crippen LogP contribution in [0.2, 0.25) is 0 Å². The summed E-state index contributed by atoms with van der Waals surface area (Å²) in [4.78, 5) is 16.0. The molecule has 0 spiro atoms. The SMILES string of the molecule is COC(=O)CC(C)Sc1ccc(N)nc1. The summed E-state index contributed by atoms with van der Waals surface area (Å²) < 4.78 is 4.59. The maximum Gasteiger partial charge on any atom is 0.306 e. The van der Waals surface area contributed by atoms with Gasteiger partial charge in [0.2, 0.25) is 0 Å². The van der Waals surface area contributed by atoms with Gasteiger partial charge in [0.25, 0.3) is 0 Å². The van der Waals surface area contributed by atoms with Crippen molar-refractivity contribution in [2.24, 2.45) is 0 Å². The molecule has 0 saturated carbocycles. The van der Waals surface area contributed by atoms with Gasteiger partial charge in [0.1, 0.15) is 5.82 Å². The monoisotopic (exact) mass is 226 g/mol. The van der Waals surface area contributed by atoms with Crippen LogP contribution in [0.1, 0.15) is 13.3 Å². The lowest BCUT2D eigenvalue weighted by molar-refractivity contribution is -0.140. The molecule has 0 aliphatic heterocycles. The molecule has 0 radical (unpaired) electrons. The Balaban J connectivity index is 2.47. The van der Waals surface area contributed by atoms with Crippen LogP contribution in [0, 0.1) is 0 Å². The average Bonchev–Trinajstić information content (AvgIpc) is 2.21. The summed E-state index contributed by atoms with van der Waals surface area (Å²) in [6.45, 7) is 1.97. The highest BCUT2D eigenvalue weighted by atomic mass is 32.2. The first kappa shape index (κ1) is 11.8. The number of carbonyl (C=O) groups excluding carboxylic acids is 1. The minimum absolute atomic E-state index is 0.169. The number of rotatable bonds is 4. The van der Waals surface area contributed by atoms with Crippen LogP contribution in [0.3, 0.4) is 0 Å². The highest BCUT2D eigenvalue weighted by molar-refractivity contribution is 8.00. The Morgan fingerprint density at radius 1 is 1.67 bits per heavy atom. The van der Waals surface area contributed by atoms with E-state index in [4.69, 9.17) is 5.73 Å². The lowest BCUT2D eigenvalue weighted by Gasteiger charge is -2.09. The third-order valence-corrected chi connectivity index (χ3v) is 2.86. The van der Waals surface area contributed by atoms with Crippen molar-refractivity contribution >= 4 is 23.5 Å². The van der Waals surface area contributed by atoms with Crippen LogP contribution in [-0.2, 0) is 9.53 Å². The Hall–Kier alpha value is -1.23. The molecule has 2 N–H and O–H groups in total. The Bertz CT molecular complexity index is 327. The first-order valence-corrected chi connectivity index (χ1v) is 5.44. The molecule has 5 heteroatoms. The van der Waals surface area contributed by atoms with Gasteiger partial charge >= 0.3 is 5.97 Å². The number of nitrogens with two attached hydrogens (primary N) is 1. The van der Waals surface area contributed by atoms with E-state index in [1.807, 2.05) is 13.0 Å². The zero-order valence-electron chi connectivity index (χ0n) is 8.77. The fourth-order valence-corrected chi connectivity index (χ4v) is 2.00. The lowest BCUT2D eigenvalue weighted by Crippen LogP contribution is -2.08. The summed E-state index contributed by atoms with van der Waals surface area (Å²) >= 11 is 1.58. The second-order valence-corrected chi connectivity index (χ2v) is 4.64. The van der Waals surface area contributed by atoms with Crippen molar-refractivity contribution in [3.63, 3.8) is 0 Å². The molecule has 0 aliphatic carbocycles. The van der Waals surface area contributed by atoms with Gasteiger partial charge in [-0.05, 0) is 12.1 Å². The van der Waals surface area contributed by atoms with E-state index >= 15 is 0 Å². The van der Waals surface area contributed by atoms with E-state index in [9.17, 15) is 4.79 Å². The summed E-state index contributed by atoms with van der Waals surface area (Å²) in [6, 6.07) is 3.63. The minimum Gasteiger partial charge on any atom is -0.469 e. The van der Waals surface area contributed by atoms with Crippen LogP contribution in [0.15, 0.2) is 23.2 Å². The van der Waals surface area contributed by atoms with Gasteiger partial charge in [0.05, 0.1) is 13.5 Å². The van der Waals surface area contributed by atoms with Gasteiger partial charge in [0, 0.05) is 16.3 Å². The summed E-state index contributed by atoms with van der Waals surface area (Å²) in [5.74, 6) is 0.304. The standard InChI is InChI=1S/C10H14N2O2S/c1-7(5-10(13)14-2)15-8-3-4-9(11)12-6-8/h3-4,6-7H,5H2,1-2H3,(H2,11,12). The van der Waals surface area contributed by atoms with Gasteiger partial charge < -0.3 is 10.5 Å². The topological polar surface area (TPSA) is 65.2 Å². The highest BCUT2D eigenvalue weighted by Crippen LogP contribution is 2.24. The molecule has 15 heavy (non-hydrogen) atoms. The number of nitrogen functional groups attached to an aromatic ring is 1. The number of anilines is 1. The summed E-state index contributed by atoms with van der Waals surface area (Å²) in [5, 5.41) is 0.169. The Morgan fingerprint density at radius 2 is 2.40 bits per heavy atom. The molecule has 1 unspecified atom stereocenters. The van der Waals surface area contributed by atoms with Crippen LogP contribution in [0.25, 0.3) is 0 Å². The second-order valence-electron chi connectivity index (χ2n) is 3.13. The molecule has 0 aliphatic rings. The van der Waals surface area contributed by atoms with Gasteiger partial charge in [-0.25, -0.2) is 4.98 Å². The number of esters is 1. The zero-order chi connectivity index (χ0) is 11.3. The predicted octanol–water partition coefficient (Wildman–Crippen LogP) is 1.71. The van der Waals surface area contributed by atoms with Crippen molar-refractivity contribution in [2.45, 2.75) is 23.5 Å². The van der Waals surface area contributed by atoms with E-state index < -0.39 is 0 Å². The summed E-state index contributed by atoms with van der Waals surface area (Å²) in [5.41, 5.74) is 5.47. The van der Waals surface area contributed by atoms with Crippen molar-refractivity contribution in [3.8, 4) is 0 Å². The number of pyridine rings is 1. The largest absolute Gasteiger partial charge is 0.469 e. The van der Waals surface area contributed by atoms with Crippen molar-refractivity contribution in [2.75, 3.05) is 12.8 Å². The number of aromatic nitrogens is 1. The Morgan fingerprint density at radius 3 is 2.93 bits per heavy atom. The summed E-state index contributed by atoms with van der Waals surface area (Å²) in [7, 11) is 1.39. The lowest BCUT2D eigenvalue weighted by atomic mass is 10.3. The normalized spacial score (nSPS) is 12.1. The summed E-state index contributed by atoms with van der Waals surface area (Å²) in [6.07, 6.45) is 2.10. The number of ether oxygens (including phenoxy) is 1. The van der Waals surface area contributed by atoms with Crippen molar-refractivity contribution in [1.29, 1.82) is 0 Å². The first-order chi connectivity index (χ1) is 7.11. The highest BCUT2D eigenvalue weighted by Gasteiger charge is 2.10. The van der Waals surface area contributed by atoms with E-state index in [2.05, 4.69) is 9.72 Å². The van der Waals surface area contributed by atoms with Crippen LogP contribution < -0.4 is 5.73 Å². The number of nitrogens with zero attached hydrogens (tertiary/aromatic N) is 1. The predicted molar refractivity (Wildman–Crippen MR) is 60.6 cm³/mol. The molecule has 0 aromatic carbocycles. The molecule has 82 valence electrons. The van der Waals surface area contributed by atoms with Gasteiger partial charge in [-0.2, -0.15) is 0 Å². The smallest absolute Gasteiger partial charge is 0.306 e. The minimum atomic E-state index is -0.196. The molecule has 4 nitrogen and oxygen atoms in total. The van der Waals surface area contributed by atoms with Crippen molar-refractivity contribution in [1.82, 2.24) is 4.98 Å². The second kappa shape index (κ2) is 5.60. The van der Waals surface area contributed by atoms with Crippen LogP contribution >= 0.6 is 11.8 Å². The first-order valence-electron chi connectivity index (χ1n) is 4.57. The quantitative estimate of drug-likeness (QED) is 0.625. The van der Waals surface area contributed by atoms with E-state index in [-0.39, 0.29) is 11.2 Å². The fraction of sp³-hybridized carbons (Fsp3) is 0.400. The van der Waals surface area contributed by atoms with E-state index in [1.54, 1.807) is 24.0 Å². The number of thioether (sulfide) groups is 1. The zero-order valence-corrected chi connectivity index (χ0v) is 9.58. The van der Waals surface area contributed by atoms with Crippen LogP contribution in [-0.4, -0.2) is 23.3 Å². The van der Waals surface area contributed by atoms with E-state index in [0.717, 1.165) is 4.90 Å². The molecule has 1 aromatic rings. The molecular formula is C10H14N2O2S. The Labute approximate surface area is 93.2 Å². The van der Waals surface area contributed by atoms with Gasteiger partial charge in [-0.3, -0.25) is 4.79 Å². The molecule has 0 bridgehead atoms. The molecule has 1 aromatic heterocycles. The Kier molecular flexibility index (Phi) is 4.42. The number of hydrogen-bond donors (Lipinski definition) is 1.